The van der Waals surface area contributed by atoms with Gasteiger partial charge in [-0.15, -0.1) is 0 Å². The molecule has 0 heterocycles. The number of nitrogens with one attached hydrogen (secondary N) is 2. The second kappa shape index (κ2) is 7.19. The molecule has 23 heavy (non-hydrogen) atoms. The van der Waals surface area contributed by atoms with Crippen LogP contribution in [0.1, 0.15) is 24.2 Å². The Bertz CT molecular complexity index is 689. The van der Waals surface area contributed by atoms with Crippen molar-refractivity contribution in [2.45, 2.75) is 26.0 Å². The fourth-order valence-electron chi connectivity index (χ4n) is 2.14. The number of carbonyl (C=O) groups is 1. The van der Waals surface area contributed by atoms with Gasteiger partial charge in [-0.1, -0.05) is 18.2 Å². The van der Waals surface area contributed by atoms with E-state index in [1.54, 1.807) is 19.9 Å². The topological polar surface area (TPSA) is 61.4 Å². The fraction of sp³-hybridized carbons (Fsp3) is 0.235. The van der Waals surface area contributed by atoms with E-state index in [2.05, 4.69) is 10.6 Å². The molecule has 2 unspecified atom stereocenters. The van der Waals surface area contributed by atoms with Crippen molar-refractivity contribution in [1.82, 2.24) is 5.32 Å². The summed E-state index contributed by atoms with van der Waals surface area (Å²) in [5.41, 5.74) is 1.17. The normalized spacial score (nSPS) is 13.3. The number of hydrogen-bond acceptors (Lipinski definition) is 2. The number of hydrogen-bond donors (Lipinski definition) is 3. The Balaban J connectivity index is 1.99. The summed E-state index contributed by atoms with van der Waals surface area (Å²) in [4.78, 5) is 12.0. The van der Waals surface area contributed by atoms with Crippen LogP contribution in [0.25, 0.3) is 0 Å². The maximum Gasteiger partial charge on any atom is 0.319 e. The number of halogens is 2. The third-order valence-corrected chi connectivity index (χ3v) is 3.56. The maximum absolute atomic E-state index is 13.4. The molecule has 0 saturated carbocycles. The predicted octanol–water partition coefficient (Wildman–Crippen LogP) is 3.52. The second-order valence-electron chi connectivity index (χ2n) is 5.30. The number of benzene rings is 2. The van der Waals surface area contributed by atoms with Crippen LogP contribution >= 0.6 is 0 Å². The van der Waals surface area contributed by atoms with Gasteiger partial charge in [-0.25, -0.2) is 13.6 Å². The molecule has 0 aromatic heterocycles. The van der Waals surface area contributed by atoms with Gasteiger partial charge in [-0.05, 0) is 43.7 Å². The average molecular weight is 320 g/mol. The van der Waals surface area contributed by atoms with E-state index in [0.29, 0.717) is 16.8 Å². The van der Waals surface area contributed by atoms with Crippen LogP contribution in [-0.4, -0.2) is 17.2 Å². The zero-order valence-electron chi connectivity index (χ0n) is 12.8. The van der Waals surface area contributed by atoms with Gasteiger partial charge in [0.25, 0.3) is 0 Å². The SMILES string of the molecule is Cc1c(F)cccc1NC(=O)NC(C)C(O)c1ccc(F)cc1. The molecule has 0 radical (unpaired) electrons. The molecule has 0 spiro atoms. The Labute approximate surface area is 133 Å². The fourth-order valence-corrected chi connectivity index (χ4v) is 2.14. The van der Waals surface area contributed by atoms with Crippen LogP contribution in [0.4, 0.5) is 19.3 Å². The highest BCUT2D eigenvalue weighted by Gasteiger charge is 2.19. The van der Waals surface area contributed by atoms with E-state index in [0.717, 1.165) is 0 Å². The van der Waals surface area contributed by atoms with E-state index in [-0.39, 0.29) is 0 Å². The Morgan fingerprint density at radius 3 is 2.43 bits per heavy atom. The van der Waals surface area contributed by atoms with Crippen LogP contribution in [0.5, 0.6) is 0 Å². The number of aliphatic hydroxyl groups excluding tert-OH is 1. The third-order valence-electron chi connectivity index (χ3n) is 3.56. The Hall–Kier alpha value is -2.47. The minimum absolute atomic E-state index is 0.328. The Morgan fingerprint density at radius 1 is 1.13 bits per heavy atom. The van der Waals surface area contributed by atoms with Gasteiger partial charge in [0.15, 0.2) is 0 Å². The van der Waals surface area contributed by atoms with E-state index < -0.39 is 29.8 Å². The van der Waals surface area contributed by atoms with Crippen molar-refractivity contribution in [1.29, 1.82) is 0 Å². The molecule has 6 heteroatoms. The van der Waals surface area contributed by atoms with Crippen LogP contribution in [0, 0.1) is 18.6 Å². The average Bonchev–Trinajstić information content (AvgIpc) is 2.52. The summed E-state index contributed by atoms with van der Waals surface area (Å²) in [6.45, 7) is 3.17. The molecule has 0 aliphatic heterocycles. The summed E-state index contributed by atoms with van der Waals surface area (Å²) in [6.07, 6.45) is -0.991. The number of amides is 2. The highest BCUT2D eigenvalue weighted by molar-refractivity contribution is 5.90. The van der Waals surface area contributed by atoms with E-state index in [1.807, 2.05) is 0 Å². The number of anilines is 1. The summed E-state index contributed by atoms with van der Waals surface area (Å²) in [7, 11) is 0. The Kier molecular flexibility index (Phi) is 5.28. The van der Waals surface area contributed by atoms with Crippen molar-refractivity contribution >= 4 is 11.7 Å². The van der Waals surface area contributed by atoms with E-state index >= 15 is 0 Å². The summed E-state index contributed by atoms with van der Waals surface area (Å²) < 4.78 is 26.3. The lowest BCUT2D eigenvalue weighted by atomic mass is 10.0. The molecule has 2 amide bonds. The van der Waals surface area contributed by atoms with E-state index in [1.165, 1.54) is 36.4 Å². The molecule has 0 fully saturated rings. The molecule has 3 N–H and O–H groups in total. The van der Waals surface area contributed by atoms with Crippen molar-refractivity contribution in [3.63, 3.8) is 0 Å². The number of rotatable bonds is 4. The van der Waals surface area contributed by atoms with E-state index in [9.17, 15) is 18.7 Å². The van der Waals surface area contributed by atoms with Crippen LogP contribution in [0.15, 0.2) is 42.5 Å². The number of carbonyl (C=O) groups excluding carboxylic acids is 1. The maximum atomic E-state index is 13.4. The molecule has 0 saturated heterocycles. The summed E-state index contributed by atoms with van der Waals surface area (Å²) >= 11 is 0. The zero-order valence-corrected chi connectivity index (χ0v) is 12.8. The van der Waals surface area contributed by atoms with Crippen molar-refractivity contribution < 1.29 is 18.7 Å². The van der Waals surface area contributed by atoms with Gasteiger partial charge < -0.3 is 15.7 Å². The predicted molar refractivity (Wildman–Crippen MR) is 84.1 cm³/mol. The molecule has 122 valence electrons. The quantitative estimate of drug-likeness (QED) is 0.807. The van der Waals surface area contributed by atoms with Gasteiger partial charge in [0.05, 0.1) is 12.1 Å². The highest BCUT2D eigenvalue weighted by Crippen LogP contribution is 2.19. The van der Waals surface area contributed by atoms with Crippen molar-refractivity contribution in [2.75, 3.05) is 5.32 Å². The summed E-state index contributed by atoms with van der Waals surface area (Å²) in [6, 6.07) is 8.58. The van der Waals surface area contributed by atoms with Gasteiger partial charge in [-0.3, -0.25) is 0 Å². The molecule has 0 aliphatic rings. The molecule has 2 atom stereocenters. The monoisotopic (exact) mass is 320 g/mol. The molecule has 2 aromatic rings. The third kappa shape index (κ3) is 4.26. The van der Waals surface area contributed by atoms with Crippen LogP contribution < -0.4 is 10.6 Å². The smallest absolute Gasteiger partial charge is 0.319 e. The first-order valence-corrected chi connectivity index (χ1v) is 7.14. The molecule has 4 nitrogen and oxygen atoms in total. The first-order valence-electron chi connectivity index (χ1n) is 7.14. The minimum atomic E-state index is -0.991. The molecule has 0 aliphatic carbocycles. The second-order valence-corrected chi connectivity index (χ2v) is 5.30. The first kappa shape index (κ1) is 16.9. The largest absolute Gasteiger partial charge is 0.386 e. The highest BCUT2D eigenvalue weighted by atomic mass is 19.1. The van der Waals surface area contributed by atoms with Crippen LogP contribution in [0.2, 0.25) is 0 Å². The lowest BCUT2D eigenvalue weighted by molar-refractivity contribution is 0.139. The van der Waals surface area contributed by atoms with Gasteiger partial charge in [0.1, 0.15) is 11.6 Å². The molecular weight excluding hydrogens is 302 g/mol. The zero-order chi connectivity index (χ0) is 17.0. The van der Waals surface area contributed by atoms with Gasteiger partial charge in [0, 0.05) is 11.3 Å². The van der Waals surface area contributed by atoms with E-state index in [4.69, 9.17) is 0 Å². The first-order chi connectivity index (χ1) is 10.9. The van der Waals surface area contributed by atoms with Gasteiger partial charge >= 0.3 is 6.03 Å². The molecule has 2 aromatic carbocycles. The van der Waals surface area contributed by atoms with Crippen LogP contribution in [-0.2, 0) is 0 Å². The standard InChI is InChI=1S/C17H18F2N2O2/c1-10-14(19)4-3-5-15(10)21-17(23)20-11(2)16(22)12-6-8-13(18)9-7-12/h3-9,11,16,22H,1-2H3,(H2,20,21,23). The molecule has 2 rings (SSSR count). The lowest BCUT2D eigenvalue weighted by Crippen LogP contribution is -2.39. The number of aliphatic hydroxyl groups is 1. The van der Waals surface area contributed by atoms with Crippen LogP contribution in [0.3, 0.4) is 0 Å². The van der Waals surface area contributed by atoms with Gasteiger partial charge in [0.2, 0.25) is 0 Å². The lowest BCUT2D eigenvalue weighted by Gasteiger charge is -2.21. The van der Waals surface area contributed by atoms with Crippen molar-refractivity contribution in [2.24, 2.45) is 0 Å². The van der Waals surface area contributed by atoms with Gasteiger partial charge in [-0.2, -0.15) is 0 Å². The Morgan fingerprint density at radius 2 is 1.78 bits per heavy atom. The molecular formula is C17H18F2N2O2. The van der Waals surface area contributed by atoms with Crippen molar-refractivity contribution in [3.8, 4) is 0 Å². The van der Waals surface area contributed by atoms with Crippen molar-refractivity contribution in [3.05, 3.63) is 65.2 Å². The number of urea groups is 1. The summed E-state index contributed by atoms with van der Waals surface area (Å²) in [5.74, 6) is -0.817. The minimum Gasteiger partial charge on any atom is -0.386 e. The molecule has 0 bridgehead atoms. The summed E-state index contributed by atoms with van der Waals surface area (Å²) in [5, 5.41) is 15.3.